The van der Waals surface area contributed by atoms with Crippen molar-refractivity contribution < 1.29 is 15.3 Å². The number of benzene rings is 3. The van der Waals surface area contributed by atoms with Crippen LogP contribution in [0.15, 0.2) is 60.7 Å². The second-order valence-electron chi connectivity index (χ2n) is 7.55. The van der Waals surface area contributed by atoms with E-state index in [1.165, 1.54) is 30.4 Å². The summed E-state index contributed by atoms with van der Waals surface area (Å²) >= 11 is 11.4. The van der Waals surface area contributed by atoms with Crippen molar-refractivity contribution in [1.82, 2.24) is 0 Å². The zero-order valence-corrected chi connectivity index (χ0v) is 19.3. The van der Waals surface area contributed by atoms with Crippen molar-refractivity contribution in [3.8, 4) is 17.2 Å². The van der Waals surface area contributed by atoms with Crippen LogP contribution in [0.3, 0.4) is 0 Å². The number of phenols is 3. The number of phenolic OH excluding ortho intramolecular Hbond substituents is 3. The van der Waals surface area contributed by atoms with Crippen LogP contribution in [-0.4, -0.2) is 15.3 Å². The number of hydrogen-bond acceptors (Lipinski definition) is 3. The molecule has 3 nitrogen and oxygen atoms in total. The summed E-state index contributed by atoms with van der Waals surface area (Å²) in [6.07, 6.45) is 7.64. The highest BCUT2D eigenvalue weighted by atomic mass is 35.5. The van der Waals surface area contributed by atoms with Crippen molar-refractivity contribution in [2.75, 3.05) is 0 Å². The van der Waals surface area contributed by atoms with Gasteiger partial charge in [0, 0.05) is 0 Å². The van der Waals surface area contributed by atoms with E-state index in [-0.39, 0.29) is 5.75 Å². The first-order valence-corrected chi connectivity index (χ1v) is 11.4. The van der Waals surface area contributed by atoms with E-state index in [9.17, 15) is 15.3 Å². The molecule has 0 heterocycles. The molecular formula is C26H30Cl2O3. The molecular weight excluding hydrogens is 431 g/mol. The van der Waals surface area contributed by atoms with E-state index < -0.39 is 0 Å². The van der Waals surface area contributed by atoms with Gasteiger partial charge >= 0.3 is 0 Å². The smallest absolute Gasteiger partial charge is 0.152 e. The van der Waals surface area contributed by atoms with Crippen LogP contribution in [0.2, 0.25) is 10.0 Å². The zero-order chi connectivity index (χ0) is 22.6. The molecule has 0 aliphatic rings. The Labute approximate surface area is 194 Å². The molecule has 0 aliphatic carbocycles. The molecule has 0 atom stereocenters. The predicted octanol–water partition coefficient (Wildman–Crippen LogP) is 7.70. The lowest BCUT2D eigenvalue weighted by Gasteiger charge is -2.03. The molecule has 0 radical (unpaired) electrons. The normalized spacial score (nSPS) is 10.4. The molecule has 3 rings (SSSR count). The average molecular weight is 461 g/mol. The Morgan fingerprint density at radius 3 is 1.39 bits per heavy atom. The average Bonchev–Trinajstić information content (AvgIpc) is 2.75. The van der Waals surface area contributed by atoms with Crippen molar-refractivity contribution in [3.05, 3.63) is 87.4 Å². The van der Waals surface area contributed by atoms with Crippen LogP contribution < -0.4 is 0 Å². The van der Waals surface area contributed by atoms with Gasteiger partial charge in [-0.05, 0) is 85.2 Å². The van der Waals surface area contributed by atoms with Crippen LogP contribution in [0.25, 0.3) is 0 Å². The molecule has 166 valence electrons. The molecule has 3 aromatic carbocycles. The van der Waals surface area contributed by atoms with Crippen molar-refractivity contribution in [1.29, 1.82) is 0 Å². The van der Waals surface area contributed by atoms with E-state index in [0.29, 0.717) is 21.5 Å². The SMILES string of the molecule is CCCc1cc(Cl)c(O)c(Cl)c1.Oc1ccc(CCCCCc2ccc(O)cc2)cc1. The molecule has 31 heavy (non-hydrogen) atoms. The molecule has 0 saturated carbocycles. The lowest BCUT2D eigenvalue weighted by Crippen LogP contribution is -1.88. The van der Waals surface area contributed by atoms with E-state index in [4.69, 9.17) is 23.2 Å². The minimum atomic E-state index is -0.0295. The van der Waals surface area contributed by atoms with Crippen LogP contribution >= 0.6 is 23.2 Å². The largest absolute Gasteiger partial charge is 0.508 e. The number of rotatable bonds is 8. The van der Waals surface area contributed by atoms with Gasteiger partial charge in [0.2, 0.25) is 0 Å². The molecule has 3 aromatic rings. The van der Waals surface area contributed by atoms with Crippen LogP contribution in [0, 0.1) is 0 Å². The second-order valence-corrected chi connectivity index (χ2v) is 8.37. The van der Waals surface area contributed by atoms with E-state index in [2.05, 4.69) is 6.92 Å². The summed E-state index contributed by atoms with van der Waals surface area (Å²) in [5.41, 5.74) is 3.62. The first-order valence-electron chi connectivity index (χ1n) is 10.6. The number of unbranched alkanes of at least 4 members (excludes halogenated alkanes) is 2. The predicted molar refractivity (Wildman–Crippen MR) is 130 cm³/mol. The van der Waals surface area contributed by atoms with Gasteiger partial charge in [0.05, 0.1) is 10.0 Å². The molecule has 0 spiro atoms. The minimum Gasteiger partial charge on any atom is -0.508 e. The number of aryl methyl sites for hydroxylation is 3. The Balaban J connectivity index is 0.000000245. The summed E-state index contributed by atoms with van der Waals surface area (Å²) in [7, 11) is 0. The van der Waals surface area contributed by atoms with E-state index in [1.807, 2.05) is 24.3 Å². The maximum Gasteiger partial charge on any atom is 0.152 e. The molecule has 0 unspecified atom stereocenters. The second kappa shape index (κ2) is 13.1. The lowest BCUT2D eigenvalue weighted by atomic mass is 10.0. The fraction of sp³-hybridized carbons (Fsp3) is 0.308. The maximum absolute atomic E-state index is 9.24. The molecule has 0 saturated heterocycles. The maximum atomic E-state index is 9.24. The summed E-state index contributed by atoms with van der Waals surface area (Å²) in [5, 5.41) is 28.3. The fourth-order valence-corrected chi connectivity index (χ4v) is 3.74. The summed E-state index contributed by atoms with van der Waals surface area (Å²) < 4.78 is 0. The highest BCUT2D eigenvalue weighted by Gasteiger charge is 2.05. The van der Waals surface area contributed by atoms with Gasteiger partial charge in [-0.3, -0.25) is 0 Å². The summed E-state index contributed by atoms with van der Waals surface area (Å²) in [4.78, 5) is 0. The molecule has 0 aromatic heterocycles. The van der Waals surface area contributed by atoms with Gasteiger partial charge < -0.3 is 15.3 Å². The van der Waals surface area contributed by atoms with Crippen LogP contribution in [-0.2, 0) is 19.3 Å². The van der Waals surface area contributed by atoms with Crippen LogP contribution in [0.4, 0.5) is 0 Å². The van der Waals surface area contributed by atoms with Crippen LogP contribution in [0.1, 0.15) is 49.3 Å². The lowest BCUT2D eigenvalue weighted by molar-refractivity contribution is 0.474. The Bertz CT molecular complexity index is 852. The summed E-state index contributed by atoms with van der Waals surface area (Å²) in [6.45, 7) is 2.08. The van der Waals surface area contributed by atoms with E-state index in [1.54, 1.807) is 36.4 Å². The number of halogens is 2. The molecule has 0 amide bonds. The van der Waals surface area contributed by atoms with Crippen molar-refractivity contribution in [3.63, 3.8) is 0 Å². The Morgan fingerprint density at radius 2 is 1.00 bits per heavy atom. The molecule has 3 N–H and O–H groups in total. The topological polar surface area (TPSA) is 60.7 Å². The Hall–Kier alpha value is -2.36. The highest BCUT2D eigenvalue weighted by molar-refractivity contribution is 6.37. The van der Waals surface area contributed by atoms with Crippen LogP contribution in [0.5, 0.6) is 17.2 Å². The third-order valence-electron chi connectivity index (χ3n) is 4.92. The fourth-order valence-electron chi connectivity index (χ4n) is 3.21. The van der Waals surface area contributed by atoms with Crippen molar-refractivity contribution in [2.45, 2.75) is 51.9 Å². The quantitative estimate of drug-likeness (QED) is 0.301. The van der Waals surface area contributed by atoms with Gasteiger partial charge in [0.1, 0.15) is 11.5 Å². The first kappa shape index (κ1) is 24.9. The van der Waals surface area contributed by atoms with Gasteiger partial charge in [0.25, 0.3) is 0 Å². The molecule has 0 aliphatic heterocycles. The highest BCUT2D eigenvalue weighted by Crippen LogP contribution is 2.32. The van der Waals surface area contributed by atoms with Gasteiger partial charge in [-0.1, -0.05) is 67.2 Å². The van der Waals surface area contributed by atoms with E-state index in [0.717, 1.165) is 31.2 Å². The Morgan fingerprint density at radius 1 is 0.581 bits per heavy atom. The van der Waals surface area contributed by atoms with Gasteiger partial charge in [-0.15, -0.1) is 0 Å². The van der Waals surface area contributed by atoms with Gasteiger partial charge in [-0.25, -0.2) is 0 Å². The minimum absolute atomic E-state index is 0.0295. The van der Waals surface area contributed by atoms with Gasteiger partial charge in [0.15, 0.2) is 5.75 Å². The molecule has 0 fully saturated rings. The third-order valence-corrected chi connectivity index (χ3v) is 5.50. The zero-order valence-electron chi connectivity index (χ0n) is 17.8. The monoisotopic (exact) mass is 460 g/mol. The summed E-state index contributed by atoms with van der Waals surface area (Å²) in [5.74, 6) is 0.630. The first-order chi connectivity index (χ1) is 14.9. The molecule has 5 heteroatoms. The van der Waals surface area contributed by atoms with Crippen molar-refractivity contribution in [2.24, 2.45) is 0 Å². The third kappa shape index (κ3) is 9.12. The summed E-state index contributed by atoms with van der Waals surface area (Å²) in [6, 6.07) is 18.4. The van der Waals surface area contributed by atoms with Crippen molar-refractivity contribution >= 4 is 23.2 Å². The van der Waals surface area contributed by atoms with Gasteiger partial charge in [-0.2, -0.15) is 0 Å². The Kier molecular flexibility index (Phi) is 10.6. The molecule has 0 bridgehead atoms. The van der Waals surface area contributed by atoms with E-state index >= 15 is 0 Å². The standard InChI is InChI=1S/C17H20O2.C9H10Cl2O/c18-16-10-6-14(7-11-16)4-2-1-3-5-15-8-12-17(19)13-9-15;1-2-3-6-4-7(10)9(12)8(11)5-6/h6-13,18-19H,1-5H2;4-5,12H,2-3H2,1H3. The number of hydrogen-bond donors (Lipinski definition) is 3. The number of aromatic hydroxyl groups is 3.